The number of hydrogen-bond acceptors (Lipinski definition) is 2. The lowest BCUT2D eigenvalue weighted by molar-refractivity contribution is 0.626. The number of pyridine rings is 1. The minimum atomic E-state index is -0.296. The summed E-state index contributed by atoms with van der Waals surface area (Å²) in [6.07, 6.45) is 1.60. The van der Waals surface area contributed by atoms with Gasteiger partial charge in [-0.25, -0.2) is 4.39 Å². The van der Waals surface area contributed by atoms with E-state index in [1.807, 2.05) is 0 Å². The van der Waals surface area contributed by atoms with Crippen molar-refractivity contribution in [3.63, 3.8) is 0 Å². The zero-order valence-electron chi connectivity index (χ0n) is 9.78. The number of aromatic nitrogens is 1. The summed E-state index contributed by atoms with van der Waals surface area (Å²) in [7, 11) is 0. The quantitative estimate of drug-likeness (QED) is 0.927. The number of halogens is 2. The van der Waals surface area contributed by atoms with Crippen LogP contribution in [0, 0.1) is 12.7 Å². The van der Waals surface area contributed by atoms with Crippen molar-refractivity contribution in [2.75, 3.05) is 5.73 Å². The molecular weight excluding hydrogens is 299 g/mol. The summed E-state index contributed by atoms with van der Waals surface area (Å²) in [6.45, 7) is 2.14. The zero-order chi connectivity index (χ0) is 13.3. The molecule has 1 aromatic carbocycles. The molecule has 0 aliphatic carbocycles. The Bertz CT molecular complexity index is 635. The van der Waals surface area contributed by atoms with Crippen molar-refractivity contribution < 1.29 is 4.39 Å². The first-order chi connectivity index (χ1) is 8.49. The Balaban J connectivity index is 2.41. The van der Waals surface area contributed by atoms with Crippen molar-refractivity contribution in [3.8, 4) is 0 Å². The molecule has 2 N–H and O–H groups in total. The smallest absolute Gasteiger partial charge is 0.265 e. The Morgan fingerprint density at radius 3 is 2.56 bits per heavy atom. The molecule has 18 heavy (non-hydrogen) atoms. The third-order valence-electron chi connectivity index (χ3n) is 2.77. The fourth-order valence-corrected chi connectivity index (χ4v) is 2.10. The van der Waals surface area contributed by atoms with E-state index in [2.05, 4.69) is 15.9 Å². The SMILES string of the molecule is Cc1c(N)cn(Cc2ccc(F)cc2)c(=O)c1Br. The Morgan fingerprint density at radius 1 is 1.33 bits per heavy atom. The van der Waals surface area contributed by atoms with Crippen LogP contribution in [0.1, 0.15) is 11.1 Å². The zero-order valence-corrected chi connectivity index (χ0v) is 11.4. The Labute approximate surface area is 112 Å². The molecule has 5 heteroatoms. The largest absolute Gasteiger partial charge is 0.397 e. The van der Waals surface area contributed by atoms with Gasteiger partial charge in [0.1, 0.15) is 5.82 Å². The van der Waals surface area contributed by atoms with Crippen LogP contribution in [0.15, 0.2) is 39.7 Å². The highest BCUT2D eigenvalue weighted by Gasteiger charge is 2.08. The van der Waals surface area contributed by atoms with E-state index in [-0.39, 0.29) is 11.4 Å². The second-order valence-electron chi connectivity index (χ2n) is 4.08. The molecular formula is C13H12BrFN2O. The van der Waals surface area contributed by atoms with Crippen LogP contribution in [0.2, 0.25) is 0 Å². The first-order valence-corrected chi connectivity index (χ1v) is 6.18. The van der Waals surface area contributed by atoms with E-state index in [9.17, 15) is 9.18 Å². The van der Waals surface area contributed by atoms with Gasteiger partial charge >= 0.3 is 0 Å². The van der Waals surface area contributed by atoms with Gasteiger partial charge in [-0.15, -0.1) is 0 Å². The van der Waals surface area contributed by atoms with Crippen molar-refractivity contribution in [1.29, 1.82) is 0 Å². The van der Waals surface area contributed by atoms with Gasteiger partial charge in [-0.1, -0.05) is 12.1 Å². The third-order valence-corrected chi connectivity index (χ3v) is 3.71. The summed E-state index contributed by atoms with van der Waals surface area (Å²) in [5.74, 6) is -0.296. The van der Waals surface area contributed by atoms with Crippen molar-refractivity contribution in [3.05, 3.63) is 62.2 Å². The second-order valence-corrected chi connectivity index (χ2v) is 4.88. The average molecular weight is 311 g/mol. The molecule has 0 atom stereocenters. The average Bonchev–Trinajstić information content (AvgIpc) is 2.36. The van der Waals surface area contributed by atoms with Gasteiger partial charge in [0, 0.05) is 6.20 Å². The van der Waals surface area contributed by atoms with E-state index >= 15 is 0 Å². The van der Waals surface area contributed by atoms with Gasteiger partial charge < -0.3 is 10.3 Å². The van der Waals surface area contributed by atoms with Crippen LogP contribution in [0.25, 0.3) is 0 Å². The van der Waals surface area contributed by atoms with Gasteiger partial charge in [-0.2, -0.15) is 0 Å². The maximum Gasteiger partial charge on any atom is 0.265 e. The topological polar surface area (TPSA) is 48.0 Å². The maximum absolute atomic E-state index is 12.8. The molecule has 0 spiro atoms. The van der Waals surface area contributed by atoms with E-state index in [0.717, 1.165) is 11.1 Å². The molecule has 0 bridgehead atoms. The molecule has 0 aliphatic rings. The standard InChI is InChI=1S/C13H12BrFN2O/c1-8-11(16)7-17(13(18)12(8)14)6-9-2-4-10(15)5-3-9/h2-5,7H,6,16H2,1H3. The maximum atomic E-state index is 12.8. The Kier molecular flexibility index (Phi) is 3.52. The van der Waals surface area contributed by atoms with Crippen molar-refractivity contribution in [2.45, 2.75) is 13.5 Å². The molecule has 0 fully saturated rings. The van der Waals surface area contributed by atoms with Crippen LogP contribution >= 0.6 is 15.9 Å². The number of nitrogen functional groups attached to an aromatic ring is 1. The molecule has 0 unspecified atom stereocenters. The number of anilines is 1. The summed E-state index contributed by atoms with van der Waals surface area (Å²) in [5.41, 5.74) is 7.79. The van der Waals surface area contributed by atoms with Gasteiger partial charge in [0.15, 0.2) is 0 Å². The fourth-order valence-electron chi connectivity index (χ4n) is 1.64. The van der Waals surface area contributed by atoms with Crippen LogP contribution in [0.4, 0.5) is 10.1 Å². The number of rotatable bonds is 2. The number of nitrogens with zero attached hydrogens (tertiary/aromatic N) is 1. The first-order valence-electron chi connectivity index (χ1n) is 5.38. The Morgan fingerprint density at radius 2 is 1.94 bits per heavy atom. The minimum Gasteiger partial charge on any atom is -0.397 e. The lowest BCUT2D eigenvalue weighted by Gasteiger charge is -2.10. The monoisotopic (exact) mass is 310 g/mol. The van der Waals surface area contributed by atoms with Crippen LogP contribution < -0.4 is 11.3 Å². The Hall–Kier alpha value is -1.62. The van der Waals surface area contributed by atoms with Gasteiger partial charge in [-0.3, -0.25) is 4.79 Å². The predicted molar refractivity (Wildman–Crippen MR) is 73.1 cm³/mol. The number of hydrogen-bond donors (Lipinski definition) is 1. The van der Waals surface area contributed by atoms with Crippen LogP contribution in [-0.4, -0.2) is 4.57 Å². The molecule has 0 saturated heterocycles. The highest BCUT2D eigenvalue weighted by Crippen LogP contribution is 2.17. The second kappa shape index (κ2) is 4.94. The van der Waals surface area contributed by atoms with E-state index in [4.69, 9.17) is 5.73 Å². The summed E-state index contributed by atoms with van der Waals surface area (Å²) in [5, 5.41) is 0. The van der Waals surface area contributed by atoms with E-state index in [0.29, 0.717) is 16.7 Å². The summed E-state index contributed by atoms with van der Waals surface area (Å²) < 4.78 is 14.8. The molecule has 0 aliphatic heterocycles. The van der Waals surface area contributed by atoms with Gasteiger partial charge in [0.2, 0.25) is 0 Å². The molecule has 2 rings (SSSR count). The lowest BCUT2D eigenvalue weighted by Crippen LogP contribution is -2.22. The molecule has 94 valence electrons. The van der Waals surface area contributed by atoms with Gasteiger partial charge in [0.25, 0.3) is 5.56 Å². The third kappa shape index (κ3) is 2.46. The molecule has 0 amide bonds. The molecule has 0 radical (unpaired) electrons. The van der Waals surface area contributed by atoms with Crippen LogP contribution in [-0.2, 0) is 6.54 Å². The van der Waals surface area contributed by atoms with Crippen molar-refractivity contribution in [1.82, 2.24) is 4.57 Å². The lowest BCUT2D eigenvalue weighted by atomic mass is 10.2. The summed E-state index contributed by atoms with van der Waals surface area (Å²) in [6, 6.07) is 6.03. The van der Waals surface area contributed by atoms with Crippen LogP contribution in [0.3, 0.4) is 0 Å². The van der Waals surface area contributed by atoms with Crippen molar-refractivity contribution in [2.24, 2.45) is 0 Å². The van der Waals surface area contributed by atoms with Gasteiger partial charge in [0.05, 0.1) is 16.7 Å². The highest BCUT2D eigenvalue weighted by atomic mass is 79.9. The molecule has 0 saturated carbocycles. The molecule has 1 aromatic heterocycles. The molecule has 3 nitrogen and oxygen atoms in total. The van der Waals surface area contributed by atoms with E-state index < -0.39 is 0 Å². The normalized spacial score (nSPS) is 10.6. The summed E-state index contributed by atoms with van der Waals surface area (Å²) >= 11 is 3.23. The number of nitrogens with two attached hydrogens (primary N) is 1. The van der Waals surface area contributed by atoms with Crippen molar-refractivity contribution >= 4 is 21.6 Å². The van der Waals surface area contributed by atoms with E-state index in [1.54, 1.807) is 25.3 Å². The van der Waals surface area contributed by atoms with Crippen LogP contribution in [0.5, 0.6) is 0 Å². The first kappa shape index (κ1) is 12.8. The molecule has 1 heterocycles. The van der Waals surface area contributed by atoms with E-state index in [1.165, 1.54) is 16.7 Å². The van der Waals surface area contributed by atoms with Gasteiger partial charge in [-0.05, 0) is 46.1 Å². The molecule has 2 aromatic rings. The summed E-state index contributed by atoms with van der Waals surface area (Å²) in [4.78, 5) is 12.0. The minimum absolute atomic E-state index is 0.147. The highest BCUT2D eigenvalue weighted by molar-refractivity contribution is 9.10. The fraction of sp³-hybridized carbons (Fsp3) is 0.154. The number of benzene rings is 1. The predicted octanol–water partition coefficient (Wildman–Crippen LogP) is 2.69.